The van der Waals surface area contributed by atoms with Gasteiger partial charge >= 0.3 is 12.1 Å². The Morgan fingerprint density at radius 3 is 2.00 bits per heavy atom. The first-order valence-electron chi connectivity index (χ1n) is 15.1. The Morgan fingerprint density at radius 1 is 0.872 bits per heavy atom. The summed E-state index contributed by atoms with van der Waals surface area (Å²) in [7, 11) is -3.82. The minimum absolute atomic E-state index is 0.0136. The number of aliphatic hydroxyl groups excluding tert-OH is 1. The fraction of sp³-hybridized carbons (Fsp3) is 0.278. The van der Waals surface area contributed by atoms with Crippen LogP contribution in [0.2, 0.25) is 5.02 Å². The van der Waals surface area contributed by atoms with Crippen LogP contribution in [0.25, 0.3) is 0 Å². The van der Waals surface area contributed by atoms with Crippen LogP contribution >= 0.6 is 11.6 Å². The fourth-order valence-electron chi connectivity index (χ4n) is 4.54. The smallest absolute Gasteiger partial charge is 0.410 e. The maximum Gasteiger partial charge on any atom is 0.410 e. The number of nitrogens with zero attached hydrogens (tertiary/aromatic N) is 1. The maximum absolute atomic E-state index is 13.3. The quantitative estimate of drug-likeness (QED) is 0.152. The van der Waals surface area contributed by atoms with Crippen molar-refractivity contribution in [3.05, 3.63) is 119 Å². The van der Waals surface area contributed by atoms with E-state index >= 15 is 0 Å². The van der Waals surface area contributed by atoms with Crippen LogP contribution < -0.4 is 4.74 Å². The molecular formula is C36H38ClNO8S. The predicted molar refractivity (Wildman–Crippen MR) is 179 cm³/mol. The SMILES string of the molecule is CCOC(=O)c1ccc(Oc2ccc(S(=O)(=O)c3ccc(CCN(C[C@@H](O)c4cccc(Cl)c4)C(=O)OC(C)(C)C)cc3)cc2)cc1. The van der Waals surface area contributed by atoms with Crippen LogP contribution in [-0.4, -0.2) is 55.8 Å². The summed E-state index contributed by atoms with van der Waals surface area (Å²) < 4.78 is 43.0. The average Bonchev–Trinajstić information content (AvgIpc) is 3.03. The van der Waals surface area contributed by atoms with Crippen LogP contribution in [0.4, 0.5) is 4.79 Å². The molecule has 0 saturated heterocycles. The van der Waals surface area contributed by atoms with Crippen LogP contribution in [0.1, 0.15) is 55.3 Å². The van der Waals surface area contributed by atoms with Gasteiger partial charge < -0.3 is 24.2 Å². The number of amides is 1. The average molecular weight is 680 g/mol. The molecule has 0 unspecified atom stereocenters. The summed E-state index contributed by atoms with van der Waals surface area (Å²) in [6.45, 7) is 7.53. The molecule has 0 saturated carbocycles. The Kier molecular flexibility index (Phi) is 11.7. The van der Waals surface area contributed by atoms with Gasteiger partial charge in [-0.1, -0.05) is 35.9 Å². The van der Waals surface area contributed by atoms with Gasteiger partial charge in [-0.05, 0) is 118 Å². The molecule has 0 heterocycles. The second-order valence-electron chi connectivity index (χ2n) is 11.7. The predicted octanol–water partition coefficient (Wildman–Crippen LogP) is 7.66. The van der Waals surface area contributed by atoms with E-state index in [2.05, 4.69) is 0 Å². The zero-order valence-corrected chi connectivity index (χ0v) is 28.3. The van der Waals surface area contributed by atoms with E-state index in [4.69, 9.17) is 25.8 Å². The molecule has 9 nitrogen and oxygen atoms in total. The molecule has 0 radical (unpaired) electrons. The van der Waals surface area contributed by atoms with Gasteiger partial charge in [-0.3, -0.25) is 0 Å². The highest BCUT2D eigenvalue weighted by molar-refractivity contribution is 7.91. The molecule has 248 valence electrons. The molecule has 11 heteroatoms. The minimum atomic E-state index is -3.82. The first kappa shape index (κ1) is 35.5. The number of sulfone groups is 1. The number of halogens is 1. The van der Waals surface area contributed by atoms with E-state index in [0.29, 0.717) is 34.1 Å². The van der Waals surface area contributed by atoms with Gasteiger partial charge in [-0.25, -0.2) is 18.0 Å². The van der Waals surface area contributed by atoms with Crippen LogP contribution in [0.3, 0.4) is 0 Å². The lowest BCUT2D eigenvalue weighted by molar-refractivity contribution is 0.0147. The number of carbonyl (C=O) groups excluding carboxylic acids is 2. The van der Waals surface area contributed by atoms with E-state index in [-0.39, 0.29) is 29.5 Å². The van der Waals surface area contributed by atoms with Crippen molar-refractivity contribution in [2.24, 2.45) is 0 Å². The van der Waals surface area contributed by atoms with Crippen molar-refractivity contribution in [3.8, 4) is 11.5 Å². The molecule has 4 aromatic rings. The van der Waals surface area contributed by atoms with E-state index in [1.54, 1.807) is 100 Å². The molecule has 0 bridgehead atoms. The van der Waals surface area contributed by atoms with Crippen molar-refractivity contribution in [3.63, 3.8) is 0 Å². The first-order valence-corrected chi connectivity index (χ1v) is 16.9. The van der Waals surface area contributed by atoms with Crippen molar-refractivity contribution < 1.29 is 37.3 Å². The lowest BCUT2D eigenvalue weighted by atomic mass is 10.1. The number of aliphatic hydroxyl groups is 1. The summed E-state index contributed by atoms with van der Waals surface area (Å²) >= 11 is 6.08. The zero-order chi connectivity index (χ0) is 34.2. The lowest BCUT2D eigenvalue weighted by Crippen LogP contribution is -2.40. The Morgan fingerprint density at radius 2 is 1.45 bits per heavy atom. The molecule has 47 heavy (non-hydrogen) atoms. The van der Waals surface area contributed by atoms with Gasteiger partial charge in [0.1, 0.15) is 17.1 Å². The molecule has 1 N–H and O–H groups in total. The number of ether oxygens (including phenoxy) is 3. The van der Waals surface area contributed by atoms with E-state index < -0.39 is 33.6 Å². The van der Waals surface area contributed by atoms with Crippen LogP contribution in [0.15, 0.2) is 107 Å². The normalized spacial score (nSPS) is 12.2. The molecule has 0 spiro atoms. The van der Waals surface area contributed by atoms with Crippen molar-refractivity contribution in [2.75, 3.05) is 19.7 Å². The highest BCUT2D eigenvalue weighted by Crippen LogP contribution is 2.27. The Bertz CT molecular complexity index is 1770. The molecule has 0 aromatic heterocycles. The van der Waals surface area contributed by atoms with Crippen LogP contribution in [-0.2, 0) is 25.7 Å². The summed E-state index contributed by atoms with van der Waals surface area (Å²) in [5.74, 6) is 0.487. The van der Waals surface area contributed by atoms with Crippen LogP contribution in [0, 0.1) is 0 Å². The third-order valence-corrected chi connectivity index (χ3v) is 8.94. The number of hydrogen-bond acceptors (Lipinski definition) is 8. The van der Waals surface area contributed by atoms with Gasteiger partial charge in [-0.2, -0.15) is 0 Å². The summed E-state index contributed by atoms with van der Waals surface area (Å²) in [5.41, 5.74) is 1.05. The molecule has 0 aliphatic carbocycles. The van der Waals surface area contributed by atoms with Gasteiger partial charge in [-0.15, -0.1) is 0 Å². The number of rotatable bonds is 12. The highest BCUT2D eigenvalue weighted by Gasteiger charge is 2.25. The Hall–Kier alpha value is -4.38. The largest absolute Gasteiger partial charge is 0.462 e. The monoisotopic (exact) mass is 679 g/mol. The lowest BCUT2D eigenvalue weighted by Gasteiger charge is -2.29. The second-order valence-corrected chi connectivity index (χ2v) is 14.1. The molecule has 0 aliphatic heterocycles. The number of benzene rings is 4. The number of hydrogen-bond donors (Lipinski definition) is 1. The van der Waals surface area contributed by atoms with E-state index in [1.807, 2.05) is 0 Å². The molecule has 4 rings (SSSR count). The van der Waals surface area contributed by atoms with Crippen molar-refractivity contribution >= 4 is 33.5 Å². The van der Waals surface area contributed by atoms with Crippen molar-refractivity contribution in [1.82, 2.24) is 4.90 Å². The molecule has 1 atom stereocenters. The summed E-state index contributed by atoms with van der Waals surface area (Å²) in [5, 5.41) is 11.3. The van der Waals surface area contributed by atoms with Gasteiger partial charge in [0, 0.05) is 11.6 Å². The highest BCUT2D eigenvalue weighted by atomic mass is 35.5. The minimum Gasteiger partial charge on any atom is -0.462 e. The Balaban J connectivity index is 1.40. The standard InChI is InChI=1S/C36H38ClNO8S/c1-5-44-34(40)26-11-13-29(14-12-26)45-30-15-19-32(20-16-30)47(42,43)31-17-9-25(10-18-31)21-22-38(35(41)46-36(2,3)4)24-33(39)27-7-6-8-28(37)23-27/h6-20,23,33,39H,5,21-22,24H2,1-4H3/t33-/m1/s1. The van der Waals surface area contributed by atoms with Gasteiger partial charge in [0.15, 0.2) is 0 Å². The fourth-order valence-corrected chi connectivity index (χ4v) is 6.00. The molecule has 0 fully saturated rings. The third-order valence-electron chi connectivity index (χ3n) is 6.92. The summed E-state index contributed by atoms with van der Waals surface area (Å²) in [6.07, 6.45) is -1.16. The summed E-state index contributed by atoms with van der Waals surface area (Å²) in [4.78, 5) is 26.5. The third kappa shape index (κ3) is 10.1. The zero-order valence-electron chi connectivity index (χ0n) is 26.7. The Labute approximate surface area is 280 Å². The van der Waals surface area contributed by atoms with E-state index in [9.17, 15) is 23.1 Å². The molecule has 4 aromatic carbocycles. The second kappa shape index (κ2) is 15.5. The van der Waals surface area contributed by atoms with E-state index in [0.717, 1.165) is 5.56 Å². The first-order chi connectivity index (χ1) is 22.2. The van der Waals surface area contributed by atoms with Gasteiger partial charge in [0.25, 0.3) is 0 Å². The number of esters is 1. The van der Waals surface area contributed by atoms with Crippen molar-refractivity contribution in [1.29, 1.82) is 0 Å². The number of carbonyl (C=O) groups is 2. The molecule has 0 aliphatic rings. The van der Waals surface area contributed by atoms with Crippen molar-refractivity contribution in [2.45, 2.75) is 55.6 Å². The van der Waals surface area contributed by atoms with Gasteiger partial charge in [0.2, 0.25) is 9.84 Å². The maximum atomic E-state index is 13.3. The van der Waals surface area contributed by atoms with E-state index in [1.165, 1.54) is 29.2 Å². The topological polar surface area (TPSA) is 119 Å². The van der Waals surface area contributed by atoms with Crippen LogP contribution in [0.5, 0.6) is 11.5 Å². The summed E-state index contributed by atoms with van der Waals surface area (Å²) in [6, 6.07) is 25.8. The molecular weight excluding hydrogens is 642 g/mol. The van der Waals surface area contributed by atoms with Gasteiger partial charge in [0.05, 0.1) is 34.6 Å². The molecule has 1 amide bonds.